The molecule has 0 amide bonds. The van der Waals surface area contributed by atoms with Gasteiger partial charge in [0, 0.05) is 12.5 Å². The van der Waals surface area contributed by atoms with Gasteiger partial charge in [-0.3, -0.25) is 9.59 Å². The predicted octanol–water partition coefficient (Wildman–Crippen LogP) is 2.21. The van der Waals surface area contributed by atoms with Crippen molar-refractivity contribution in [2.75, 3.05) is 14.2 Å². The van der Waals surface area contributed by atoms with Gasteiger partial charge < -0.3 is 14.6 Å². The van der Waals surface area contributed by atoms with E-state index in [4.69, 9.17) is 14.7 Å². The topological polar surface area (TPSA) is 96.6 Å². The minimum atomic E-state index is -1.97. The van der Waals surface area contributed by atoms with Gasteiger partial charge >= 0.3 is 5.97 Å². The van der Waals surface area contributed by atoms with Gasteiger partial charge in [0.05, 0.1) is 20.3 Å². The molecule has 118 valence electrons. The van der Waals surface area contributed by atoms with Crippen LogP contribution in [0.25, 0.3) is 0 Å². The molecular weight excluding hydrogens is 286 g/mol. The molecule has 1 rings (SSSR count). The molecule has 0 aliphatic carbocycles. The average molecular weight is 305 g/mol. The van der Waals surface area contributed by atoms with Crippen molar-refractivity contribution in [2.45, 2.75) is 26.2 Å². The van der Waals surface area contributed by atoms with E-state index in [0.717, 1.165) is 5.56 Å². The van der Waals surface area contributed by atoms with E-state index < -0.39 is 17.2 Å². The molecule has 1 aromatic carbocycles. The van der Waals surface area contributed by atoms with E-state index >= 15 is 0 Å². The molecule has 1 unspecified atom stereocenters. The van der Waals surface area contributed by atoms with Gasteiger partial charge in [0.25, 0.3) is 0 Å². The molecule has 0 saturated heterocycles. The highest BCUT2D eigenvalue weighted by molar-refractivity contribution is 6.06. The zero-order chi connectivity index (χ0) is 16.8. The Bertz CT molecular complexity index is 583. The number of nitriles is 1. The van der Waals surface area contributed by atoms with Crippen LogP contribution in [0.1, 0.15) is 25.3 Å². The van der Waals surface area contributed by atoms with Crippen molar-refractivity contribution in [2.24, 2.45) is 5.41 Å². The fourth-order valence-corrected chi connectivity index (χ4v) is 2.14. The summed E-state index contributed by atoms with van der Waals surface area (Å²) in [5.41, 5.74) is -1.19. The lowest BCUT2D eigenvalue weighted by Gasteiger charge is -2.18. The number of methoxy groups -OCH3 is 2. The molecule has 0 heterocycles. The van der Waals surface area contributed by atoms with Crippen LogP contribution in [0, 0.1) is 16.7 Å². The first-order valence-corrected chi connectivity index (χ1v) is 6.83. The number of hydrogen-bond acceptors (Lipinski definition) is 5. The van der Waals surface area contributed by atoms with Gasteiger partial charge in [0.2, 0.25) is 5.41 Å². The van der Waals surface area contributed by atoms with Gasteiger partial charge in [0.15, 0.2) is 5.78 Å². The minimum absolute atomic E-state index is 0.0377. The Morgan fingerprint density at radius 1 is 1.23 bits per heavy atom. The molecule has 6 heteroatoms. The van der Waals surface area contributed by atoms with Crippen molar-refractivity contribution >= 4 is 11.8 Å². The zero-order valence-corrected chi connectivity index (χ0v) is 12.9. The zero-order valence-electron chi connectivity index (χ0n) is 12.9. The number of nitrogens with zero attached hydrogens (tertiary/aromatic N) is 1. The van der Waals surface area contributed by atoms with E-state index in [2.05, 4.69) is 0 Å². The smallest absolute Gasteiger partial charge is 0.331 e. The van der Waals surface area contributed by atoms with Crippen LogP contribution in [0.3, 0.4) is 0 Å². The predicted molar refractivity (Wildman–Crippen MR) is 78.8 cm³/mol. The third kappa shape index (κ3) is 3.55. The summed E-state index contributed by atoms with van der Waals surface area (Å²) in [6.07, 6.45) is 0.215. The molecular formula is C16H19NO5. The van der Waals surface area contributed by atoms with E-state index in [0.29, 0.717) is 17.9 Å². The minimum Gasteiger partial charge on any atom is -0.497 e. The molecule has 6 nitrogen and oxygen atoms in total. The largest absolute Gasteiger partial charge is 0.497 e. The van der Waals surface area contributed by atoms with Gasteiger partial charge in [-0.2, -0.15) is 5.26 Å². The van der Waals surface area contributed by atoms with Crippen LogP contribution in [0.5, 0.6) is 11.5 Å². The number of hydrogen-bond donors (Lipinski definition) is 1. The van der Waals surface area contributed by atoms with E-state index in [9.17, 15) is 14.7 Å². The van der Waals surface area contributed by atoms with Gasteiger partial charge in [-0.25, -0.2) is 0 Å². The van der Waals surface area contributed by atoms with Crippen LogP contribution in [0.2, 0.25) is 0 Å². The highest BCUT2D eigenvalue weighted by atomic mass is 16.5. The Balaban J connectivity index is 2.92. The number of ketones is 1. The maximum atomic E-state index is 12.2. The highest BCUT2D eigenvalue weighted by Gasteiger charge is 2.44. The fraction of sp³-hybridized carbons (Fsp3) is 0.438. The van der Waals surface area contributed by atoms with Gasteiger partial charge in [0.1, 0.15) is 11.5 Å². The Hall–Kier alpha value is -2.55. The molecule has 0 aliphatic heterocycles. The second kappa shape index (κ2) is 7.46. The maximum Gasteiger partial charge on any atom is 0.331 e. The molecule has 22 heavy (non-hydrogen) atoms. The highest BCUT2D eigenvalue weighted by Crippen LogP contribution is 2.27. The Morgan fingerprint density at radius 2 is 1.77 bits per heavy atom. The normalized spacial score (nSPS) is 12.8. The van der Waals surface area contributed by atoms with E-state index in [1.807, 2.05) is 0 Å². The summed E-state index contributed by atoms with van der Waals surface area (Å²) >= 11 is 0. The number of ether oxygens (including phenoxy) is 2. The number of Topliss-reactive ketones (excluding diaryl/α,β-unsaturated/α-hetero) is 1. The number of benzene rings is 1. The van der Waals surface area contributed by atoms with Crippen molar-refractivity contribution in [3.8, 4) is 17.6 Å². The number of rotatable bonds is 8. The number of aryl methyl sites for hydroxylation is 1. The van der Waals surface area contributed by atoms with Crippen LogP contribution in [-0.2, 0) is 16.0 Å². The summed E-state index contributed by atoms with van der Waals surface area (Å²) in [5.74, 6) is -0.818. The lowest BCUT2D eigenvalue weighted by molar-refractivity contribution is -0.151. The summed E-state index contributed by atoms with van der Waals surface area (Å²) in [4.78, 5) is 23.4. The van der Waals surface area contributed by atoms with Crippen LogP contribution >= 0.6 is 0 Å². The number of carboxylic acids is 1. The van der Waals surface area contributed by atoms with Gasteiger partial charge in [-0.05, 0) is 30.5 Å². The Labute approximate surface area is 129 Å². The van der Waals surface area contributed by atoms with Crippen molar-refractivity contribution < 1.29 is 24.2 Å². The second-order valence-electron chi connectivity index (χ2n) is 4.82. The summed E-state index contributed by atoms with van der Waals surface area (Å²) in [6, 6.07) is 6.84. The average Bonchev–Trinajstić information content (AvgIpc) is 2.53. The molecule has 1 aromatic rings. The quantitative estimate of drug-likeness (QED) is 0.740. The molecule has 0 saturated carbocycles. The SMILES string of the molecule is CCC(C#N)(C(=O)O)C(=O)CCc1cc(OC)cc(OC)c1. The van der Waals surface area contributed by atoms with Crippen molar-refractivity contribution in [1.29, 1.82) is 5.26 Å². The summed E-state index contributed by atoms with van der Waals surface area (Å²) in [7, 11) is 3.04. The molecule has 0 aliphatic rings. The summed E-state index contributed by atoms with van der Waals surface area (Å²) < 4.78 is 10.3. The molecule has 0 radical (unpaired) electrons. The number of carbonyl (C=O) groups excluding carboxylic acids is 1. The third-order valence-electron chi connectivity index (χ3n) is 3.61. The molecule has 0 aromatic heterocycles. The number of aliphatic carboxylic acids is 1. The van der Waals surface area contributed by atoms with Crippen molar-refractivity contribution in [1.82, 2.24) is 0 Å². The fourth-order valence-electron chi connectivity index (χ4n) is 2.14. The van der Waals surface area contributed by atoms with Crippen LogP contribution in [0.4, 0.5) is 0 Å². The number of carboxylic acid groups (broad SMARTS) is 1. The van der Waals surface area contributed by atoms with E-state index in [-0.39, 0.29) is 12.8 Å². The molecule has 0 spiro atoms. The second-order valence-corrected chi connectivity index (χ2v) is 4.82. The van der Waals surface area contributed by atoms with Gasteiger partial charge in [-0.15, -0.1) is 0 Å². The lowest BCUT2D eigenvalue weighted by atomic mass is 9.80. The summed E-state index contributed by atoms with van der Waals surface area (Å²) in [5, 5.41) is 18.3. The third-order valence-corrected chi connectivity index (χ3v) is 3.61. The molecule has 0 bridgehead atoms. The lowest BCUT2D eigenvalue weighted by Crippen LogP contribution is -2.37. The Kier molecular flexibility index (Phi) is 5.93. The van der Waals surface area contributed by atoms with Crippen molar-refractivity contribution in [3.05, 3.63) is 23.8 Å². The van der Waals surface area contributed by atoms with E-state index in [1.165, 1.54) is 21.1 Å². The first-order valence-electron chi connectivity index (χ1n) is 6.83. The van der Waals surface area contributed by atoms with Gasteiger partial charge in [-0.1, -0.05) is 6.92 Å². The standard InChI is InChI=1S/C16H19NO5/c1-4-16(10-17,15(19)20)14(18)6-5-11-7-12(21-2)9-13(8-11)22-3/h7-9H,4-6H2,1-3H3,(H,19,20). The Morgan fingerprint density at radius 3 is 2.14 bits per heavy atom. The monoisotopic (exact) mass is 305 g/mol. The van der Waals surface area contributed by atoms with Crippen LogP contribution in [-0.4, -0.2) is 31.1 Å². The van der Waals surface area contributed by atoms with Crippen LogP contribution < -0.4 is 9.47 Å². The first-order chi connectivity index (χ1) is 10.4. The van der Waals surface area contributed by atoms with Crippen molar-refractivity contribution in [3.63, 3.8) is 0 Å². The van der Waals surface area contributed by atoms with E-state index in [1.54, 1.807) is 24.3 Å². The number of carbonyl (C=O) groups is 2. The molecule has 0 fully saturated rings. The summed E-state index contributed by atoms with van der Waals surface area (Å²) in [6.45, 7) is 1.52. The van der Waals surface area contributed by atoms with Crippen LogP contribution in [0.15, 0.2) is 18.2 Å². The molecule has 1 atom stereocenters. The molecule has 1 N–H and O–H groups in total. The maximum absolute atomic E-state index is 12.2. The first kappa shape index (κ1) is 17.5.